The van der Waals surface area contributed by atoms with Crippen LogP contribution in [-0.4, -0.2) is 32.7 Å². The monoisotopic (exact) mass is 393 g/mol. The highest BCUT2D eigenvalue weighted by molar-refractivity contribution is 7.91. The summed E-state index contributed by atoms with van der Waals surface area (Å²) in [7, 11) is -3.73. The first-order chi connectivity index (χ1) is 12.8. The van der Waals surface area contributed by atoms with Crippen molar-refractivity contribution in [2.24, 2.45) is 0 Å². The number of amides is 1. The largest absolute Gasteiger partial charge is 0.456 e. The molecule has 144 valence electrons. The lowest BCUT2D eigenvalue weighted by Gasteiger charge is -2.14. The van der Waals surface area contributed by atoms with Crippen molar-refractivity contribution in [2.75, 3.05) is 12.4 Å². The third-order valence-electron chi connectivity index (χ3n) is 3.79. The molecule has 0 spiro atoms. The molecule has 0 fully saturated rings. The molecular weight excluding hydrogens is 373 g/mol. The Morgan fingerprint density at radius 3 is 2.33 bits per heavy atom. The molecule has 0 saturated heterocycles. The van der Waals surface area contributed by atoms with Crippen molar-refractivity contribution >= 4 is 21.7 Å². The van der Waals surface area contributed by atoms with Crippen LogP contribution in [0.2, 0.25) is 0 Å². The van der Waals surface area contributed by atoms with Crippen molar-refractivity contribution in [3.63, 3.8) is 0 Å². The Bertz CT molecular complexity index is 882. The Balaban J connectivity index is 1.77. The summed E-state index contributed by atoms with van der Waals surface area (Å²) in [6.07, 6.45) is -0.402. The summed E-state index contributed by atoms with van der Waals surface area (Å²) in [4.78, 5) is 23.5. The molecule has 0 heterocycles. The topological polar surface area (TPSA) is 89.5 Å². The SMILES string of the molecule is C[C@H](NC(=O)COC(=O)CCS(=O)(=O)c1ccc(F)cc1)c1ccccc1. The number of benzene rings is 2. The van der Waals surface area contributed by atoms with Crippen LogP contribution in [0.15, 0.2) is 59.5 Å². The molecule has 6 nitrogen and oxygen atoms in total. The summed E-state index contributed by atoms with van der Waals surface area (Å²) in [6, 6.07) is 13.3. The van der Waals surface area contributed by atoms with E-state index in [-0.39, 0.29) is 10.9 Å². The number of halogens is 1. The molecular formula is C19H20FNO5S. The molecule has 27 heavy (non-hydrogen) atoms. The van der Waals surface area contributed by atoms with Crippen molar-refractivity contribution in [3.8, 4) is 0 Å². The molecule has 2 aromatic rings. The van der Waals surface area contributed by atoms with Gasteiger partial charge in [0.15, 0.2) is 16.4 Å². The maximum Gasteiger partial charge on any atom is 0.307 e. The van der Waals surface area contributed by atoms with E-state index in [1.54, 1.807) is 6.92 Å². The minimum absolute atomic E-state index is 0.0777. The molecule has 0 aromatic heterocycles. The number of sulfone groups is 1. The summed E-state index contributed by atoms with van der Waals surface area (Å²) in [5.41, 5.74) is 0.905. The first-order valence-corrected chi connectivity index (χ1v) is 9.91. The van der Waals surface area contributed by atoms with Gasteiger partial charge in [0.2, 0.25) is 0 Å². The molecule has 2 rings (SSSR count). The Morgan fingerprint density at radius 2 is 1.70 bits per heavy atom. The van der Waals surface area contributed by atoms with E-state index >= 15 is 0 Å². The predicted octanol–water partition coefficient (Wildman–Crippen LogP) is 2.41. The highest BCUT2D eigenvalue weighted by atomic mass is 32.2. The van der Waals surface area contributed by atoms with E-state index in [0.717, 1.165) is 29.8 Å². The van der Waals surface area contributed by atoms with E-state index in [0.29, 0.717) is 0 Å². The number of esters is 1. The summed E-state index contributed by atoms with van der Waals surface area (Å²) in [5.74, 6) is -2.33. The molecule has 0 unspecified atom stereocenters. The second kappa shape index (κ2) is 9.27. The normalized spacial score (nSPS) is 12.2. The fourth-order valence-corrected chi connectivity index (χ4v) is 3.53. The second-order valence-corrected chi connectivity index (χ2v) is 7.99. The number of nitrogens with one attached hydrogen (secondary N) is 1. The lowest BCUT2D eigenvalue weighted by Crippen LogP contribution is -2.31. The fraction of sp³-hybridized carbons (Fsp3) is 0.263. The maximum absolute atomic E-state index is 12.9. The van der Waals surface area contributed by atoms with E-state index < -0.39 is 46.3 Å². The molecule has 0 aliphatic rings. The third kappa shape index (κ3) is 6.49. The molecule has 1 amide bonds. The van der Waals surface area contributed by atoms with Crippen LogP contribution >= 0.6 is 0 Å². The van der Waals surface area contributed by atoms with Crippen LogP contribution in [0.3, 0.4) is 0 Å². The lowest BCUT2D eigenvalue weighted by molar-refractivity contribution is -0.148. The average Bonchev–Trinajstić information content (AvgIpc) is 2.66. The summed E-state index contributed by atoms with van der Waals surface area (Å²) in [5, 5.41) is 2.69. The van der Waals surface area contributed by atoms with Crippen LogP contribution in [-0.2, 0) is 24.2 Å². The third-order valence-corrected chi connectivity index (χ3v) is 5.52. The summed E-state index contributed by atoms with van der Waals surface area (Å²) >= 11 is 0. The van der Waals surface area contributed by atoms with Crippen LogP contribution in [0.4, 0.5) is 4.39 Å². The van der Waals surface area contributed by atoms with Crippen molar-refractivity contribution in [3.05, 3.63) is 66.0 Å². The first-order valence-electron chi connectivity index (χ1n) is 8.26. The van der Waals surface area contributed by atoms with Crippen molar-refractivity contribution in [1.82, 2.24) is 5.32 Å². The van der Waals surface area contributed by atoms with Gasteiger partial charge in [-0.25, -0.2) is 12.8 Å². The quantitative estimate of drug-likeness (QED) is 0.550. The van der Waals surface area contributed by atoms with Crippen LogP contribution in [0.25, 0.3) is 0 Å². The van der Waals surface area contributed by atoms with Gasteiger partial charge in [0.05, 0.1) is 23.1 Å². The second-order valence-electron chi connectivity index (χ2n) is 5.88. The van der Waals surface area contributed by atoms with Gasteiger partial charge >= 0.3 is 5.97 Å². The van der Waals surface area contributed by atoms with Gasteiger partial charge < -0.3 is 10.1 Å². The summed E-state index contributed by atoms with van der Waals surface area (Å²) in [6.45, 7) is 1.30. The molecule has 8 heteroatoms. The van der Waals surface area contributed by atoms with Gasteiger partial charge in [-0.2, -0.15) is 0 Å². The van der Waals surface area contributed by atoms with E-state index in [9.17, 15) is 22.4 Å². The van der Waals surface area contributed by atoms with E-state index in [1.807, 2.05) is 30.3 Å². The van der Waals surface area contributed by atoms with Crippen molar-refractivity contribution < 1.29 is 27.1 Å². The highest BCUT2D eigenvalue weighted by Gasteiger charge is 2.18. The average molecular weight is 393 g/mol. The smallest absolute Gasteiger partial charge is 0.307 e. The lowest BCUT2D eigenvalue weighted by atomic mass is 10.1. The molecule has 0 aliphatic carbocycles. The molecule has 0 radical (unpaired) electrons. The number of hydrogen-bond donors (Lipinski definition) is 1. The molecule has 2 aromatic carbocycles. The number of carbonyl (C=O) groups excluding carboxylic acids is 2. The van der Waals surface area contributed by atoms with Crippen LogP contribution in [0.1, 0.15) is 24.9 Å². The van der Waals surface area contributed by atoms with Crippen LogP contribution in [0.5, 0.6) is 0 Å². The number of ether oxygens (including phenoxy) is 1. The molecule has 1 atom stereocenters. The van der Waals surface area contributed by atoms with E-state index in [1.165, 1.54) is 0 Å². The molecule has 1 N–H and O–H groups in total. The Hall–Kier alpha value is -2.74. The minimum atomic E-state index is -3.73. The van der Waals surface area contributed by atoms with Gasteiger partial charge in [0.1, 0.15) is 5.82 Å². The Morgan fingerprint density at radius 1 is 1.07 bits per heavy atom. The van der Waals surface area contributed by atoms with Gasteiger partial charge in [-0.3, -0.25) is 9.59 Å². The van der Waals surface area contributed by atoms with E-state index in [4.69, 9.17) is 4.74 Å². The van der Waals surface area contributed by atoms with Crippen molar-refractivity contribution in [1.29, 1.82) is 0 Å². The predicted molar refractivity (Wildman–Crippen MR) is 97.0 cm³/mol. The standard InChI is InChI=1S/C19H20FNO5S/c1-14(15-5-3-2-4-6-15)21-18(22)13-26-19(23)11-12-27(24,25)17-9-7-16(20)8-10-17/h2-10,14H,11-13H2,1H3,(H,21,22)/t14-/m0/s1. The number of hydrogen-bond acceptors (Lipinski definition) is 5. The highest BCUT2D eigenvalue weighted by Crippen LogP contribution is 2.13. The van der Waals surface area contributed by atoms with Gasteiger partial charge in [-0.15, -0.1) is 0 Å². The zero-order chi connectivity index (χ0) is 19.9. The zero-order valence-electron chi connectivity index (χ0n) is 14.7. The Kier molecular flexibility index (Phi) is 7.06. The Labute approximate surface area is 157 Å². The van der Waals surface area contributed by atoms with Gasteiger partial charge in [-0.05, 0) is 36.8 Å². The van der Waals surface area contributed by atoms with Gasteiger partial charge in [0, 0.05) is 0 Å². The van der Waals surface area contributed by atoms with Gasteiger partial charge in [-0.1, -0.05) is 30.3 Å². The molecule has 0 aliphatic heterocycles. The van der Waals surface area contributed by atoms with E-state index in [2.05, 4.69) is 5.32 Å². The molecule has 0 bridgehead atoms. The molecule has 0 saturated carbocycles. The van der Waals surface area contributed by atoms with Crippen molar-refractivity contribution in [2.45, 2.75) is 24.3 Å². The maximum atomic E-state index is 12.9. The summed E-state index contributed by atoms with van der Waals surface area (Å²) < 4.78 is 41.8. The van der Waals surface area contributed by atoms with Crippen LogP contribution in [0, 0.1) is 5.82 Å². The number of rotatable bonds is 8. The fourth-order valence-electron chi connectivity index (χ4n) is 2.30. The minimum Gasteiger partial charge on any atom is -0.456 e. The van der Waals surface area contributed by atoms with Gasteiger partial charge in [0.25, 0.3) is 5.91 Å². The first kappa shape index (κ1) is 20.6. The number of carbonyl (C=O) groups is 2. The zero-order valence-corrected chi connectivity index (χ0v) is 15.5. The van der Waals surface area contributed by atoms with Crippen LogP contribution < -0.4 is 5.32 Å².